The molecule has 1 atom stereocenters. The summed E-state index contributed by atoms with van der Waals surface area (Å²) < 4.78 is 48.2. The summed E-state index contributed by atoms with van der Waals surface area (Å²) >= 11 is 0. The van der Waals surface area contributed by atoms with Crippen LogP contribution in [-0.4, -0.2) is 45.4 Å². The van der Waals surface area contributed by atoms with Gasteiger partial charge in [-0.15, -0.1) is 0 Å². The van der Waals surface area contributed by atoms with Gasteiger partial charge >= 0.3 is 0 Å². The Kier molecular flexibility index (Phi) is 7.08. The number of anilines is 2. The molecule has 36 heavy (non-hydrogen) atoms. The molecule has 10 heteroatoms. The zero-order chi connectivity index (χ0) is 26.1. The number of halogens is 2. The second kappa shape index (κ2) is 9.93. The van der Waals surface area contributed by atoms with Crippen LogP contribution in [0.1, 0.15) is 40.7 Å². The van der Waals surface area contributed by atoms with Crippen molar-refractivity contribution in [2.75, 3.05) is 29.6 Å². The number of aromatic nitrogens is 2. The van der Waals surface area contributed by atoms with E-state index >= 15 is 0 Å². The van der Waals surface area contributed by atoms with Crippen LogP contribution in [0.25, 0.3) is 11.1 Å². The molecule has 1 aliphatic rings. The maximum atomic E-state index is 14.1. The van der Waals surface area contributed by atoms with Crippen molar-refractivity contribution in [2.45, 2.75) is 43.9 Å². The van der Waals surface area contributed by atoms with Crippen LogP contribution in [0.5, 0.6) is 0 Å². The Morgan fingerprint density at radius 2 is 1.92 bits per heavy atom. The molecule has 0 spiro atoms. The molecule has 0 radical (unpaired) electrons. The summed E-state index contributed by atoms with van der Waals surface area (Å²) in [4.78, 5) is 24.5. The molecule has 1 unspecified atom stereocenters. The summed E-state index contributed by atoms with van der Waals surface area (Å²) in [5.74, 6) is -2.86. The smallest absolute Gasteiger partial charge is 0.259 e. The summed E-state index contributed by atoms with van der Waals surface area (Å²) in [6.45, 7) is 4.19. The van der Waals surface area contributed by atoms with Gasteiger partial charge in [-0.05, 0) is 55.7 Å². The molecular weight excluding hydrogens is 484 g/mol. The Bertz CT molecular complexity index is 1410. The molecule has 0 saturated carbocycles. The molecule has 1 fully saturated rings. The molecule has 190 valence electrons. The predicted molar refractivity (Wildman–Crippen MR) is 137 cm³/mol. The van der Waals surface area contributed by atoms with Crippen molar-refractivity contribution in [1.82, 2.24) is 9.97 Å². The van der Waals surface area contributed by atoms with Crippen LogP contribution in [0.4, 0.5) is 20.3 Å². The van der Waals surface area contributed by atoms with E-state index in [0.717, 1.165) is 16.7 Å². The van der Waals surface area contributed by atoms with Gasteiger partial charge in [-0.3, -0.25) is 9.78 Å². The van der Waals surface area contributed by atoms with E-state index in [2.05, 4.69) is 15.3 Å². The maximum Gasteiger partial charge on any atom is 0.259 e. The van der Waals surface area contributed by atoms with E-state index in [4.69, 9.17) is 4.78 Å². The standard InChI is InChI=1S/C26H29F2N5O2S/c1-17-8-11-30-15-21(17)22-16-31-24(33-12-5-9-26(27,28)10-13-33)23(18(22)2)25(34)32-19-6-4-7-20(14-19)36(3,29)35/h4,6-8,11,14-16,29H,5,9-10,12-13H2,1-3H3,(H,32,34). The molecule has 2 N–H and O–H groups in total. The third-order valence-electron chi connectivity index (χ3n) is 6.43. The number of pyridine rings is 2. The number of nitrogens with zero attached hydrogens (tertiary/aromatic N) is 3. The lowest BCUT2D eigenvalue weighted by molar-refractivity contribution is -0.0102. The van der Waals surface area contributed by atoms with Crippen molar-refractivity contribution in [3.05, 3.63) is 65.6 Å². The number of amides is 1. The molecule has 7 nitrogen and oxygen atoms in total. The third kappa shape index (κ3) is 5.53. The van der Waals surface area contributed by atoms with Crippen molar-refractivity contribution >= 4 is 27.1 Å². The van der Waals surface area contributed by atoms with Crippen molar-refractivity contribution in [3.8, 4) is 11.1 Å². The van der Waals surface area contributed by atoms with E-state index in [9.17, 15) is 17.8 Å². The Morgan fingerprint density at radius 1 is 1.14 bits per heavy atom. The predicted octanol–water partition coefficient (Wildman–Crippen LogP) is 5.67. The minimum absolute atomic E-state index is 0.0806. The zero-order valence-corrected chi connectivity index (χ0v) is 21.3. The van der Waals surface area contributed by atoms with Crippen molar-refractivity contribution in [3.63, 3.8) is 0 Å². The minimum atomic E-state index is -2.97. The number of carbonyl (C=O) groups excluding carboxylic acids is 1. The van der Waals surface area contributed by atoms with E-state index in [-0.39, 0.29) is 31.4 Å². The molecule has 0 aliphatic carbocycles. The molecule has 3 aromatic rings. The highest BCUT2D eigenvalue weighted by Crippen LogP contribution is 2.35. The molecule has 4 rings (SSSR count). The number of alkyl halides is 2. The molecule has 1 saturated heterocycles. The van der Waals surface area contributed by atoms with E-state index in [1.165, 1.54) is 12.3 Å². The summed E-state index contributed by atoms with van der Waals surface area (Å²) in [7, 11) is -2.97. The summed E-state index contributed by atoms with van der Waals surface area (Å²) in [6.07, 6.45) is 6.15. The van der Waals surface area contributed by atoms with Crippen molar-refractivity contribution in [2.24, 2.45) is 0 Å². The summed E-state index contributed by atoms with van der Waals surface area (Å²) in [6, 6.07) is 8.23. The Labute approximate surface area is 209 Å². The molecule has 1 aromatic carbocycles. The lowest BCUT2D eigenvalue weighted by Crippen LogP contribution is -2.30. The van der Waals surface area contributed by atoms with Gasteiger partial charge in [0.1, 0.15) is 5.82 Å². The maximum absolute atomic E-state index is 14.1. The second-order valence-corrected chi connectivity index (χ2v) is 11.4. The van der Waals surface area contributed by atoms with Crippen LogP contribution in [0.15, 0.2) is 53.8 Å². The monoisotopic (exact) mass is 513 g/mol. The highest BCUT2D eigenvalue weighted by Gasteiger charge is 2.33. The van der Waals surface area contributed by atoms with Gasteiger partial charge in [0.15, 0.2) is 0 Å². The first-order valence-corrected chi connectivity index (χ1v) is 13.6. The van der Waals surface area contributed by atoms with Crippen LogP contribution >= 0.6 is 0 Å². The number of nitrogens with one attached hydrogen (secondary N) is 2. The van der Waals surface area contributed by atoms with Crippen LogP contribution in [0.3, 0.4) is 0 Å². The number of rotatable bonds is 5. The van der Waals surface area contributed by atoms with Crippen molar-refractivity contribution < 1.29 is 17.8 Å². The van der Waals surface area contributed by atoms with E-state index < -0.39 is 21.6 Å². The largest absolute Gasteiger partial charge is 0.356 e. The fraction of sp³-hybridized carbons (Fsp3) is 0.346. The minimum Gasteiger partial charge on any atom is -0.356 e. The van der Waals surface area contributed by atoms with Crippen LogP contribution in [0, 0.1) is 18.6 Å². The average molecular weight is 514 g/mol. The molecule has 2 aromatic heterocycles. The molecule has 1 amide bonds. The van der Waals surface area contributed by atoms with Crippen molar-refractivity contribution in [1.29, 1.82) is 4.78 Å². The van der Waals surface area contributed by atoms with Gasteiger partial charge in [0, 0.05) is 72.5 Å². The number of hydrogen-bond acceptors (Lipinski definition) is 6. The first-order valence-electron chi connectivity index (χ1n) is 11.6. The fourth-order valence-electron chi connectivity index (χ4n) is 4.40. The highest BCUT2D eigenvalue weighted by atomic mass is 32.2. The Balaban J connectivity index is 1.80. The number of benzene rings is 1. The SMILES string of the molecule is Cc1ccncc1-c1cnc(N2CCCC(F)(F)CC2)c(C(=O)Nc2cccc(S(C)(=N)=O)c2)c1C. The van der Waals surface area contributed by atoms with Gasteiger partial charge in [-0.2, -0.15) is 0 Å². The average Bonchev–Trinajstić information content (AvgIpc) is 2.99. The Hall–Kier alpha value is -3.40. The van der Waals surface area contributed by atoms with E-state index in [1.807, 2.05) is 19.9 Å². The van der Waals surface area contributed by atoms with Crippen LogP contribution in [-0.2, 0) is 9.73 Å². The number of hydrogen-bond donors (Lipinski definition) is 2. The summed E-state index contributed by atoms with van der Waals surface area (Å²) in [5, 5.41) is 2.84. The number of carbonyl (C=O) groups is 1. The normalized spacial score (nSPS) is 17.2. The highest BCUT2D eigenvalue weighted by molar-refractivity contribution is 7.91. The lowest BCUT2D eigenvalue weighted by Gasteiger charge is -2.26. The van der Waals surface area contributed by atoms with Crippen LogP contribution in [0.2, 0.25) is 0 Å². The third-order valence-corrected chi connectivity index (χ3v) is 7.59. The molecule has 1 aliphatic heterocycles. The lowest BCUT2D eigenvalue weighted by atomic mass is 9.96. The second-order valence-electron chi connectivity index (χ2n) is 9.21. The fourth-order valence-corrected chi connectivity index (χ4v) is 5.09. The molecule has 3 heterocycles. The van der Waals surface area contributed by atoms with Crippen LogP contribution < -0.4 is 10.2 Å². The number of aryl methyl sites for hydroxylation is 1. The Morgan fingerprint density at radius 3 is 2.64 bits per heavy atom. The van der Waals surface area contributed by atoms with Gasteiger partial charge < -0.3 is 10.2 Å². The molecular formula is C26H29F2N5O2S. The van der Waals surface area contributed by atoms with Gasteiger partial charge in [0.25, 0.3) is 5.91 Å². The molecule has 0 bridgehead atoms. The zero-order valence-electron chi connectivity index (χ0n) is 20.5. The van der Waals surface area contributed by atoms with Gasteiger partial charge in [-0.25, -0.2) is 22.8 Å². The van der Waals surface area contributed by atoms with E-state index in [0.29, 0.717) is 28.5 Å². The quantitative estimate of drug-likeness (QED) is 0.458. The van der Waals surface area contributed by atoms with Gasteiger partial charge in [0.2, 0.25) is 5.92 Å². The van der Waals surface area contributed by atoms with E-state index in [1.54, 1.807) is 41.7 Å². The topological polar surface area (TPSA) is 99.0 Å². The van der Waals surface area contributed by atoms with Gasteiger partial charge in [0.05, 0.1) is 15.3 Å². The first kappa shape index (κ1) is 25.7. The van der Waals surface area contributed by atoms with Gasteiger partial charge in [-0.1, -0.05) is 6.07 Å². The first-order chi connectivity index (χ1) is 17.0. The summed E-state index contributed by atoms with van der Waals surface area (Å²) in [5.41, 5.74) is 3.84.